The SMILES string of the molecule is CCNC(=NCCCn1c(C)nc2ccccc21)NC1CCN(C2CCCC2)C1. The molecule has 0 amide bonds. The molecule has 29 heavy (non-hydrogen) atoms. The summed E-state index contributed by atoms with van der Waals surface area (Å²) in [6.45, 7) is 9.29. The van der Waals surface area contributed by atoms with Crippen LogP contribution < -0.4 is 10.6 Å². The predicted molar refractivity (Wildman–Crippen MR) is 120 cm³/mol. The van der Waals surface area contributed by atoms with Gasteiger partial charge in [-0.2, -0.15) is 0 Å². The molecule has 2 aromatic rings. The van der Waals surface area contributed by atoms with Crippen molar-refractivity contribution >= 4 is 17.0 Å². The van der Waals surface area contributed by atoms with Crippen LogP contribution in [0.25, 0.3) is 11.0 Å². The quantitative estimate of drug-likeness (QED) is 0.428. The van der Waals surface area contributed by atoms with Gasteiger partial charge in [-0.25, -0.2) is 4.98 Å². The summed E-state index contributed by atoms with van der Waals surface area (Å²) in [7, 11) is 0. The van der Waals surface area contributed by atoms with Gasteiger partial charge in [-0.15, -0.1) is 0 Å². The minimum absolute atomic E-state index is 0.522. The van der Waals surface area contributed by atoms with E-state index in [4.69, 9.17) is 4.99 Å². The fourth-order valence-corrected chi connectivity index (χ4v) is 4.92. The van der Waals surface area contributed by atoms with E-state index in [1.54, 1.807) is 0 Å². The van der Waals surface area contributed by atoms with Crippen molar-refractivity contribution in [3.8, 4) is 0 Å². The smallest absolute Gasteiger partial charge is 0.191 e. The van der Waals surface area contributed by atoms with Gasteiger partial charge in [0.15, 0.2) is 5.96 Å². The van der Waals surface area contributed by atoms with E-state index in [0.29, 0.717) is 6.04 Å². The molecule has 6 heteroatoms. The third kappa shape index (κ3) is 4.92. The number of guanidine groups is 1. The number of benzene rings is 1. The Morgan fingerprint density at radius 3 is 2.86 bits per heavy atom. The highest BCUT2D eigenvalue weighted by molar-refractivity contribution is 5.80. The molecule has 2 heterocycles. The number of imidazole rings is 1. The molecular formula is C23H36N6. The molecule has 1 aromatic heterocycles. The Kier molecular flexibility index (Phi) is 6.70. The molecule has 1 unspecified atom stereocenters. The van der Waals surface area contributed by atoms with Crippen LogP contribution in [0.2, 0.25) is 0 Å². The minimum Gasteiger partial charge on any atom is -0.357 e. The van der Waals surface area contributed by atoms with Crippen molar-refractivity contribution in [2.24, 2.45) is 4.99 Å². The summed E-state index contributed by atoms with van der Waals surface area (Å²) in [6, 6.07) is 9.72. The number of fused-ring (bicyclic) bond motifs is 1. The Balaban J connectivity index is 1.29. The summed E-state index contributed by atoms with van der Waals surface area (Å²) in [5.74, 6) is 2.05. The summed E-state index contributed by atoms with van der Waals surface area (Å²) in [5, 5.41) is 7.11. The van der Waals surface area contributed by atoms with E-state index in [-0.39, 0.29) is 0 Å². The number of hydrogen-bond acceptors (Lipinski definition) is 3. The lowest BCUT2D eigenvalue weighted by Gasteiger charge is -2.24. The summed E-state index contributed by atoms with van der Waals surface area (Å²) in [4.78, 5) is 12.2. The second-order valence-corrected chi connectivity index (χ2v) is 8.48. The first-order valence-electron chi connectivity index (χ1n) is 11.5. The maximum Gasteiger partial charge on any atom is 0.191 e. The molecule has 4 rings (SSSR count). The lowest BCUT2D eigenvalue weighted by atomic mass is 10.2. The highest BCUT2D eigenvalue weighted by Crippen LogP contribution is 2.26. The van der Waals surface area contributed by atoms with Gasteiger partial charge in [0.2, 0.25) is 0 Å². The molecule has 2 N–H and O–H groups in total. The number of rotatable bonds is 7. The molecule has 0 bridgehead atoms. The second-order valence-electron chi connectivity index (χ2n) is 8.48. The molecule has 1 saturated heterocycles. The molecular weight excluding hydrogens is 360 g/mol. The van der Waals surface area contributed by atoms with Crippen LogP contribution in [-0.2, 0) is 6.54 Å². The number of hydrogen-bond donors (Lipinski definition) is 2. The molecule has 2 aliphatic rings. The lowest BCUT2D eigenvalue weighted by molar-refractivity contribution is 0.242. The number of nitrogens with zero attached hydrogens (tertiary/aromatic N) is 4. The van der Waals surface area contributed by atoms with Crippen LogP contribution in [0, 0.1) is 6.92 Å². The van der Waals surface area contributed by atoms with Crippen LogP contribution in [0.15, 0.2) is 29.3 Å². The summed E-state index contributed by atoms with van der Waals surface area (Å²) < 4.78 is 2.31. The molecule has 1 aliphatic heterocycles. The van der Waals surface area contributed by atoms with Crippen molar-refractivity contribution in [3.63, 3.8) is 0 Å². The average Bonchev–Trinajstić information content (AvgIpc) is 3.45. The maximum absolute atomic E-state index is 4.85. The zero-order chi connectivity index (χ0) is 20.1. The van der Waals surface area contributed by atoms with Crippen molar-refractivity contribution in [1.82, 2.24) is 25.1 Å². The number of aliphatic imine (C=N–C) groups is 1. The van der Waals surface area contributed by atoms with Crippen LogP contribution >= 0.6 is 0 Å². The van der Waals surface area contributed by atoms with Crippen molar-refractivity contribution in [1.29, 1.82) is 0 Å². The molecule has 0 spiro atoms. The molecule has 1 atom stereocenters. The van der Waals surface area contributed by atoms with Gasteiger partial charge in [-0.3, -0.25) is 9.89 Å². The van der Waals surface area contributed by atoms with Crippen LogP contribution in [0.5, 0.6) is 0 Å². The van der Waals surface area contributed by atoms with Gasteiger partial charge in [-0.1, -0.05) is 25.0 Å². The number of likely N-dealkylation sites (tertiary alicyclic amines) is 1. The molecule has 6 nitrogen and oxygen atoms in total. The van der Waals surface area contributed by atoms with Crippen LogP contribution in [-0.4, -0.2) is 58.7 Å². The van der Waals surface area contributed by atoms with Gasteiger partial charge >= 0.3 is 0 Å². The number of aromatic nitrogens is 2. The first kappa shape index (κ1) is 20.2. The van der Waals surface area contributed by atoms with E-state index >= 15 is 0 Å². The van der Waals surface area contributed by atoms with Crippen LogP contribution in [0.4, 0.5) is 0 Å². The largest absolute Gasteiger partial charge is 0.357 e. The van der Waals surface area contributed by atoms with E-state index in [2.05, 4.69) is 63.2 Å². The predicted octanol–water partition coefficient (Wildman–Crippen LogP) is 3.31. The van der Waals surface area contributed by atoms with E-state index in [1.807, 2.05) is 0 Å². The number of para-hydroxylation sites is 2. The fraction of sp³-hybridized carbons (Fsp3) is 0.652. The molecule has 158 valence electrons. The fourth-order valence-electron chi connectivity index (χ4n) is 4.92. The molecule has 2 fully saturated rings. The van der Waals surface area contributed by atoms with Crippen LogP contribution in [0.1, 0.15) is 51.3 Å². The molecule has 0 radical (unpaired) electrons. The second kappa shape index (κ2) is 9.61. The molecule has 1 saturated carbocycles. The third-order valence-electron chi connectivity index (χ3n) is 6.40. The highest BCUT2D eigenvalue weighted by atomic mass is 15.3. The average molecular weight is 397 g/mol. The van der Waals surface area contributed by atoms with Gasteiger partial charge < -0.3 is 15.2 Å². The number of nitrogens with one attached hydrogen (secondary N) is 2. The van der Waals surface area contributed by atoms with Crippen molar-refractivity contribution in [3.05, 3.63) is 30.1 Å². The zero-order valence-electron chi connectivity index (χ0n) is 18.0. The van der Waals surface area contributed by atoms with Crippen molar-refractivity contribution < 1.29 is 0 Å². The van der Waals surface area contributed by atoms with E-state index in [0.717, 1.165) is 55.9 Å². The first-order chi connectivity index (χ1) is 14.2. The summed E-state index contributed by atoms with van der Waals surface area (Å²) >= 11 is 0. The van der Waals surface area contributed by atoms with E-state index < -0.39 is 0 Å². The van der Waals surface area contributed by atoms with Crippen molar-refractivity contribution in [2.75, 3.05) is 26.2 Å². The van der Waals surface area contributed by atoms with Crippen LogP contribution in [0.3, 0.4) is 0 Å². The number of aryl methyl sites for hydroxylation is 2. The van der Waals surface area contributed by atoms with Gasteiger partial charge in [-0.05, 0) is 51.7 Å². The van der Waals surface area contributed by atoms with Gasteiger partial charge in [0.05, 0.1) is 11.0 Å². The Labute approximate surface area is 174 Å². The third-order valence-corrected chi connectivity index (χ3v) is 6.40. The summed E-state index contributed by atoms with van der Waals surface area (Å²) in [6.07, 6.45) is 7.84. The zero-order valence-corrected chi connectivity index (χ0v) is 18.0. The normalized spacial score (nSPS) is 21.3. The Hall–Kier alpha value is -2.08. The molecule has 1 aliphatic carbocycles. The van der Waals surface area contributed by atoms with Gasteiger partial charge in [0.25, 0.3) is 0 Å². The summed E-state index contributed by atoms with van der Waals surface area (Å²) in [5.41, 5.74) is 2.30. The monoisotopic (exact) mass is 396 g/mol. The van der Waals surface area contributed by atoms with E-state index in [9.17, 15) is 0 Å². The van der Waals surface area contributed by atoms with Gasteiger partial charge in [0, 0.05) is 44.8 Å². The Morgan fingerprint density at radius 1 is 1.21 bits per heavy atom. The van der Waals surface area contributed by atoms with Gasteiger partial charge in [0.1, 0.15) is 5.82 Å². The minimum atomic E-state index is 0.522. The topological polar surface area (TPSA) is 57.5 Å². The van der Waals surface area contributed by atoms with Crippen molar-refractivity contribution in [2.45, 2.75) is 71.0 Å². The Bertz CT molecular complexity index is 820. The first-order valence-corrected chi connectivity index (χ1v) is 11.5. The Morgan fingerprint density at radius 2 is 2.03 bits per heavy atom. The standard InChI is InChI=1S/C23H36N6/c1-3-24-23(27-19-13-16-28(17-19)20-9-4-5-10-20)25-14-8-15-29-18(2)26-21-11-6-7-12-22(21)29/h6-7,11-12,19-20H,3-5,8-10,13-17H2,1-2H3,(H2,24,25,27). The van der Waals surface area contributed by atoms with E-state index in [1.165, 1.54) is 44.2 Å². The lowest BCUT2D eigenvalue weighted by Crippen LogP contribution is -2.45. The highest BCUT2D eigenvalue weighted by Gasteiger charge is 2.30. The maximum atomic E-state index is 4.85. The molecule has 1 aromatic carbocycles.